The number of aromatic nitrogens is 1. The minimum atomic E-state index is -4.72. The van der Waals surface area contributed by atoms with E-state index < -0.39 is 23.6 Å². The van der Waals surface area contributed by atoms with Crippen LogP contribution in [0.4, 0.5) is 17.6 Å². The first kappa shape index (κ1) is 14.0. The highest BCUT2D eigenvalue weighted by Crippen LogP contribution is 2.33. The van der Waals surface area contributed by atoms with Crippen LogP contribution in [0.2, 0.25) is 0 Å². The molecule has 0 amide bonds. The third kappa shape index (κ3) is 3.30. The Bertz CT molecular complexity index is 551. The van der Waals surface area contributed by atoms with Crippen LogP contribution in [0.3, 0.4) is 0 Å². The molecule has 2 rings (SSSR count). The van der Waals surface area contributed by atoms with Gasteiger partial charge in [-0.05, 0) is 17.7 Å². The molecule has 7 heteroatoms. The van der Waals surface area contributed by atoms with Gasteiger partial charge in [-0.1, -0.05) is 6.07 Å². The van der Waals surface area contributed by atoms with Crippen LogP contribution < -0.4 is 5.73 Å². The van der Waals surface area contributed by atoms with E-state index in [1.807, 2.05) is 0 Å². The highest BCUT2D eigenvalue weighted by atomic mass is 32.1. The highest BCUT2D eigenvalue weighted by Gasteiger charge is 2.34. The number of nitrogens with two attached hydrogens (primary N) is 1. The zero-order valence-corrected chi connectivity index (χ0v) is 10.4. The molecule has 1 aromatic carbocycles. The monoisotopic (exact) mass is 290 g/mol. The van der Waals surface area contributed by atoms with Gasteiger partial charge < -0.3 is 5.73 Å². The fraction of sp³-hybridized carbons (Fsp3) is 0.250. The molecule has 1 atom stereocenters. The third-order valence-corrected chi connectivity index (χ3v) is 3.43. The quantitative estimate of drug-likeness (QED) is 0.878. The summed E-state index contributed by atoms with van der Waals surface area (Å²) in [5, 5.41) is 0. The molecule has 0 aliphatic heterocycles. The van der Waals surface area contributed by atoms with E-state index in [0.717, 1.165) is 17.0 Å². The Kier molecular flexibility index (Phi) is 3.86. The van der Waals surface area contributed by atoms with Crippen LogP contribution in [0.15, 0.2) is 29.9 Å². The van der Waals surface area contributed by atoms with Gasteiger partial charge in [-0.25, -0.2) is 4.39 Å². The first-order valence-corrected chi connectivity index (χ1v) is 6.25. The largest absolute Gasteiger partial charge is 0.419 e. The van der Waals surface area contributed by atoms with E-state index in [1.165, 1.54) is 17.4 Å². The van der Waals surface area contributed by atoms with Crippen LogP contribution in [-0.4, -0.2) is 4.98 Å². The topological polar surface area (TPSA) is 38.9 Å². The Morgan fingerprint density at radius 1 is 1.32 bits per heavy atom. The minimum absolute atomic E-state index is 0.252. The number of halogens is 4. The first-order chi connectivity index (χ1) is 8.88. The molecular formula is C12H10F4N2S. The van der Waals surface area contributed by atoms with Crippen LogP contribution in [0.5, 0.6) is 0 Å². The van der Waals surface area contributed by atoms with Gasteiger partial charge in [0.15, 0.2) is 0 Å². The maximum atomic E-state index is 13.1. The standard InChI is InChI=1S/C12H10F4N2S/c13-10-2-1-7(3-9(10)12(14,15)16)11(17)4-8-5-18-6-19-8/h1-3,5-6,11H,4,17H2. The van der Waals surface area contributed by atoms with Crippen LogP contribution >= 0.6 is 11.3 Å². The van der Waals surface area contributed by atoms with Crippen molar-refractivity contribution in [3.63, 3.8) is 0 Å². The summed E-state index contributed by atoms with van der Waals surface area (Å²) in [4.78, 5) is 4.73. The second-order valence-corrected chi connectivity index (χ2v) is 4.99. The first-order valence-electron chi connectivity index (χ1n) is 5.37. The summed E-state index contributed by atoms with van der Waals surface area (Å²) in [6, 6.07) is 2.21. The van der Waals surface area contributed by atoms with Gasteiger partial charge in [-0.3, -0.25) is 4.98 Å². The molecule has 0 bridgehead atoms. The number of rotatable bonds is 3. The van der Waals surface area contributed by atoms with Crippen molar-refractivity contribution in [3.8, 4) is 0 Å². The fourth-order valence-corrected chi connectivity index (χ4v) is 2.32. The van der Waals surface area contributed by atoms with E-state index in [4.69, 9.17) is 5.73 Å². The molecule has 1 heterocycles. The lowest BCUT2D eigenvalue weighted by molar-refractivity contribution is -0.140. The average Bonchev–Trinajstić information content (AvgIpc) is 2.80. The molecule has 0 radical (unpaired) electrons. The smallest absolute Gasteiger partial charge is 0.324 e. The number of thiazole rings is 1. The van der Waals surface area contributed by atoms with Crippen molar-refractivity contribution in [2.75, 3.05) is 0 Å². The lowest BCUT2D eigenvalue weighted by Gasteiger charge is -2.14. The summed E-state index contributed by atoms with van der Waals surface area (Å²) < 4.78 is 50.9. The summed E-state index contributed by atoms with van der Waals surface area (Å²) in [5.74, 6) is -1.29. The second-order valence-electron chi connectivity index (χ2n) is 4.02. The van der Waals surface area contributed by atoms with E-state index >= 15 is 0 Å². The number of benzene rings is 1. The van der Waals surface area contributed by atoms with Crippen LogP contribution in [0.1, 0.15) is 22.0 Å². The number of alkyl halides is 3. The highest BCUT2D eigenvalue weighted by molar-refractivity contribution is 7.09. The van der Waals surface area contributed by atoms with E-state index in [1.54, 1.807) is 11.7 Å². The molecule has 0 aliphatic carbocycles. The van der Waals surface area contributed by atoms with Gasteiger partial charge >= 0.3 is 6.18 Å². The molecule has 0 fully saturated rings. The molecule has 0 saturated heterocycles. The SMILES string of the molecule is NC(Cc1cncs1)c1ccc(F)c(C(F)(F)F)c1. The Labute approximate surface area is 110 Å². The van der Waals surface area contributed by atoms with Gasteiger partial charge in [0.25, 0.3) is 0 Å². The molecule has 0 spiro atoms. The third-order valence-electron chi connectivity index (χ3n) is 2.63. The molecule has 2 aromatic rings. The van der Waals surface area contributed by atoms with Crippen molar-refractivity contribution in [2.45, 2.75) is 18.6 Å². The fourth-order valence-electron chi connectivity index (χ4n) is 1.67. The molecule has 1 aromatic heterocycles. The van der Waals surface area contributed by atoms with E-state index in [2.05, 4.69) is 4.98 Å². The number of nitrogens with zero attached hydrogens (tertiary/aromatic N) is 1. The van der Waals surface area contributed by atoms with Crippen LogP contribution in [0.25, 0.3) is 0 Å². The molecule has 0 aliphatic rings. The Morgan fingerprint density at radius 2 is 2.05 bits per heavy atom. The average molecular weight is 290 g/mol. The summed E-state index contributed by atoms with van der Waals surface area (Å²) in [6.07, 6.45) is -2.74. The Hall–Kier alpha value is -1.47. The van der Waals surface area contributed by atoms with Crippen molar-refractivity contribution in [1.29, 1.82) is 0 Å². The maximum absolute atomic E-state index is 13.1. The van der Waals surface area contributed by atoms with Crippen molar-refractivity contribution in [3.05, 3.63) is 51.7 Å². The van der Waals surface area contributed by atoms with Crippen LogP contribution in [-0.2, 0) is 12.6 Å². The summed E-state index contributed by atoms with van der Waals surface area (Å²) in [6.45, 7) is 0. The van der Waals surface area contributed by atoms with Gasteiger partial charge in [-0.15, -0.1) is 11.3 Å². The molecule has 19 heavy (non-hydrogen) atoms. The second kappa shape index (κ2) is 5.26. The lowest BCUT2D eigenvalue weighted by atomic mass is 10.0. The molecule has 2 N–H and O–H groups in total. The zero-order valence-electron chi connectivity index (χ0n) is 9.62. The van der Waals surface area contributed by atoms with Crippen LogP contribution in [0, 0.1) is 5.82 Å². The molecule has 2 nitrogen and oxygen atoms in total. The van der Waals surface area contributed by atoms with Gasteiger partial charge in [-0.2, -0.15) is 13.2 Å². The van der Waals surface area contributed by atoms with Gasteiger partial charge in [0.1, 0.15) is 5.82 Å². The van der Waals surface area contributed by atoms with Crippen molar-refractivity contribution in [1.82, 2.24) is 4.98 Å². The van der Waals surface area contributed by atoms with Crippen molar-refractivity contribution < 1.29 is 17.6 Å². The van der Waals surface area contributed by atoms with Gasteiger partial charge in [0, 0.05) is 23.5 Å². The molecular weight excluding hydrogens is 280 g/mol. The minimum Gasteiger partial charge on any atom is -0.324 e. The summed E-state index contributed by atoms with van der Waals surface area (Å²) >= 11 is 1.37. The van der Waals surface area contributed by atoms with Gasteiger partial charge in [0.2, 0.25) is 0 Å². The zero-order chi connectivity index (χ0) is 14.0. The Morgan fingerprint density at radius 3 is 2.63 bits per heavy atom. The van der Waals surface area contributed by atoms with Crippen molar-refractivity contribution >= 4 is 11.3 Å². The predicted molar refractivity (Wildman–Crippen MR) is 64.1 cm³/mol. The molecule has 1 unspecified atom stereocenters. The number of hydrogen-bond donors (Lipinski definition) is 1. The van der Waals surface area contributed by atoms with Gasteiger partial charge in [0.05, 0.1) is 11.1 Å². The lowest BCUT2D eigenvalue weighted by Crippen LogP contribution is -2.15. The molecule has 102 valence electrons. The molecule has 0 saturated carbocycles. The van der Waals surface area contributed by atoms with Crippen molar-refractivity contribution in [2.24, 2.45) is 5.73 Å². The number of hydrogen-bond acceptors (Lipinski definition) is 3. The van der Waals surface area contributed by atoms with E-state index in [0.29, 0.717) is 6.42 Å². The maximum Gasteiger partial charge on any atom is 0.419 e. The normalized spacial score (nSPS) is 13.5. The predicted octanol–water partition coefficient (Wildman–Crippen LogP) is 3.54. The van der Waals surface area contributed by atoms with E-state index in [9.17, 15) is 17.6 Å². The summed E-state index contributed by atoms with van der Waals surface area (Å²) in [5.41, 5.74) is 6.42. The van der Waals surface area contributed by atoms with E-state index in [-0.39, 0.29) is 5.56 Å². The summed E-state index contributed by atoms with van der Waals surface area (Å²) in [7, 11) is 0. The Balaban J connectivity index is 2.25.